The number of amides is 1. The zero-order valence-electron chi connectivity index (χ0n) is 20.3. The van der Waals surface area contributed by atoms with Gasteiger partial charge in [0.1, 0.15) is 17.4 Å². The van der Waals surface area contributed by atoms with Crippen molar-refractivity contribution in [1.82, 2.24) is 25.1 Å². The molecule has 0 saturated carbocycles. The standard InChI is InChI=1S/C27H30N6O2/c1-19-10-11-22(35-15-7-14-33(2)3)18-23(19)21-12-13-28-24(17-21)30-27(34)26-29-25(31-32-26)16-20-8-5-4-6-9-20/h4-6,8-13,17-18H,7,14-16H2,1-3H3,(H,28,30,34)(H,29,31,32). The third-order valence-corrected chi connectivity index (χ3v) is 5.50. The van der Waals surface area contributed by atoms with Crippen LogP contribution in [-0.2, 0) is 6.42 Å². The number of hydrogen-bond acceptors (Lipinski definition) is 6. The van der Waals surface area contributed by atoms with Crippen molar-refractivity contribution in [3.63, 3.8) is 0 Å². The van der Waals surface area contributed by atoms with E-state index in [0.717, 1.165) is 41.0 Å². The van der Waals surface area contributed by atoms with Crippen molar-refractivity contribution < 1.29 is 9.53 Å². The maximum atomic E-state index is 12.7. The molecule has 2 heterocycles. The molecule has 4 rings (SSSR count). The van der Waals surface area contributed by atoms with E-state index in [2.05, 4.69) is 44.5 Å². The molecule has 4 aromatic rings. The molecule has 0 radical (unpaired) electrons. The zero-order valence-corrected chi connectivity index (χ0v) is 20.3. The average Bonchev–Trinajstić information content (AvgIpc) is 3.32. The molecule has 35 heavy (non-hydrogen) atoms. The topological polar surface area (TPSA) is 96.0 Å². The number of anilines is 1. The summed E-state index contributed by atoms with van der Waals surface area (Å²) in [6.45, 7) is 3.68. The molecular formula is C27H30N6O2. The molecular weight excluding hydrogens is 440 g/mol. The van der Waals surface area contributed by atoms with Gasteiger partial charge in [-0.15, -0.1) is 10.2 Å². The molecule has 0 saturated heterocycles. The van der Waals surface area contributed by atoms with Crippen molar-refractivity contribution in [2.24, 2.45) is 0 Å². The number of carbonyl (C=O) groups is 1. The van der Waals surface area contributed by atoms with Crippen LogP contribution in [0.2, 0.25) is 0 Å². The number of benzene rings is 2. The van der Waals surface area contributed by atoms with Gasteiger partial charge in [-0.05, 0) is 74.0 Å². The van der Waals surface area contributed by atoms with Gasteiger partial charge in [0.15, 0.2) is 0 Å². The number of aromatic nitrogens is 4. The third kappa shape index (κ3) is 6.74. The summed E-state index contributed by atoms with van der Waals surface area (Å²) < 4.78 is 5.94. The third-order valence-electron chi connectivity index (χ3n) is 5.50. The highest BCUT2D eigenvalue weighted by Crippen LogP contribution is 2.29. The number of ether oxygens (including phenoxy) is 1. The van der Waals surface area contributed by atoms with Crippen LogP contribution in [0.3, 0.4) is 0 Å². The molecule has 1 amide bonds. The van der Waals surface area contributed by atoms with Gasteiger partial charge in [-0.2, -0.15) is 0 Å². The Hall–Kier alpha value is -4.04. The Morgan fingerprint density at radius 2 is 1.89 bits per heavy atom. The Labute approximate surface area is 205 Å². The van der Waals surface area contributed by atoms with Gasteiger partial charge in [0.25, 0.3) is 5.91 Å². The predicted molar refractivity (Wildman–Crippen MR) is 137 cm³/mol. The lowest BCUT2D eigenvalue weighted by molar-refractivity contribution is 0.101. The Bertz CT molecular complexity index is 1270. The lowest BCUT2D eigenvalue weighted by Crippen LogP contribution is -2.15. The Balaban J connectivity index is 1.43. The van der Waals surface area contributed by atoms with Gasteiger partial charge in [0, 0.05) is 19.2 Å². The molecule has 8 heteroatoms. The molecule has 0 bridgehead atoms. The molecule has 180 valence electrons. The largest absolute Gasteiger partial charge is 0.494 e. The van der Waals surface area contributed by atoms with E-state index in [-0.39, 0.29) is 5.82 Å². The van der Waals surface area contributed by atoms with E-state index in [1.807, 2.05) is 67.6 Å². The van der Waals surface area contributed by atoms with E-state index in [1.54, 1.807) is 6.20 Å². The lowest BCUT2D eigenvalue weighted by atomic mass is 10.0. The van der Waals surface area contributed by atoms with Crippen molar-refractivity contribution >= 4 is 11.7 Å². The number of rotatable bonds is 10. The summed E-state index contributed by atoms with van der Waals surface area (Å²) in [5.41, 5.74) is 4.16. The second-order valence-electron chi connectivity index (χ2n) is 8.65. The van der Waals surface area contributed by atoms with E-state index in [4.69, 9.17) is 4.74 Å². The maximum absolute atomic E-state index is 12.7. The molecule has 0 aliphatic carbocycles. The van der Waals surface area contributed by atoms with Crippen molar-refractivity contribution in [2.75, 3.05) is 32.6 Å². The second-order valence-corrected chi connectivity index (χ2v) is 8.65. The average molecular weight is 471 g/mol. The molecule has 0 aliphatic heterocycles. The summed E-state index contributed by atoms with van der Waals surface area (Å²) in [5.74, 6) is 1.63. The normalized spacial score (nSPS) is 11.0. The van der Waals surface area contributed by atoms with E-state index < -0.39 is 5.91 Å². The fraction of sp³-hybridized carbons (Fsp3) is 0.259. The smallest absolute Gasteiger partial charge is 0.294 e. The summed E-state index contributed by atoms with van der Waals surface area (Å²) in [4.78, 5) is 22.2. The number of pyridine rings is 1. The Morgan fingerprint density at radius 3 is 2.69 bits per heavy atom. The molecule has 2 aromatic carbocycles. The molecule has 0 unspecified atom stereocenters. The summed E-state index contributed by atoms with van der Waals surface area (Å²) >= 11 is 0. The Morgan fingerprint density at radius 1 is 1.06 bits per heavy atom. The number of carbonyl (C=O) groups excluding carboxylic acids is 1. The van der Waals surface area contributed by atoms with E-state index >= 15 is 0 Å². The SMILES string of the molecule is Cc1ccc(OCCCN(C)C)cc1-c1ccnc(NC(=O)c2nnc(Cc3ccccc3)[nH]2)c1. The highest BCUT2D eigenvalue weighted by Gasteiger charge is 2.14. The van der Waals surface area contributed by atoms with E-state index in [0.29, 0.717) is 24.7 Å². The predicted octanol–water partition coefficient (Wildman–Crippen LogP) is 4.35. The van der Waals surface area contributed by atoms with Crippen LogP contribution >= 0.6 is 0 Å². The number of hydrogen-bond donors (Lipinski definition) is 2. The van der Waals surface area contributed by atoms with E-state index in [9.17, 15) is 4.79 Å². The lowest BCUT2D eigenvalue weighted by Gasteiger charge is -2.13. The fourth-order valence-electron chi connectivity index (χ4n) is 3.68. The Kier molecular flexibility index (Phi) is 7.84. The summed E-state index contributed by atoms with van der Waals surface area (Å²) in [6.07, 6.45) is 3.20. The minimum absolute atomic E-state index is 0.146. The van der Waals surface area contributed by atoms with Crippen LogP contribution in [0, 0.1) is 6.92 Å². The highest BCUT2D eigenvalue weighted by molar-refractivity contribution is 6.01. The summed E-state index contributed by atoms with van der Waals surface area (Å²) in [6, 6.07) is 19.7. The first kappa shape index (κ1) is 24.1. The van der Waals surface area contributed by atoms with Crippen molar-refractivity contribution in [3.8, 4) is 16.9 Å². The van der Waals surface area contributed by atoms with Crippen LogP contribution in [-0.4, -0.2) is 58.2 Å². The monoisotopic (exact) mass is 470 g/mol. The van der Waals surface area contributed by atoms with Crippen LogP contribution in [0.4, 0.5) is 5.82 Å². The van der Waals surface area contributed by atoms with E-state index in [1.165, 1.54) is 0 Å². The number of aromatic amines is 1. The van der Waals surface area contributed by atoms with Crippen molar-refractivity contribution in [2.45, 2.75) is 19.8 Å². The molecule has 0 fully saturated rings. The first-order valence-corrected chi connectivity index (χ1v) is 11.6. The molecule has 2 aromatic heterocycles. The quantitative estimate of drug-likeness (QED) is 0.335. The van der Waals surface area contributed by atoms with Crippen LogP contribution in [0.1, 0.15) is 34.0 Å². The first-order chi connectivity index (χ1) is 17.0. The summed E-state index contributed by atoms with van der Waals surface area (Å²) in [5, 5.41) is 10.9. The van der Waals surface area contributed by atoms with Crippen LogP contribution in [0.5, 0.6) is 5.75 Å². The minimum Gasteiger partial charge on any atom is -0.494 e. The van der Waals surface area contributed by atoms with Gasteiger partial charge in [-0.1, -0.05) is 36.4 Å². The van der Waals surface area contributed by atoms with Crippen LogP contribution in [0.25, 0.3) is 11.1 Å². The highest BCUT2D eigenvalue weighted by atomic mass is 16.5. The number of nitrogens with zero attached hydrogens (tertiary/aromatic N) is 4. The van der Waals surface area contributed by atoms with Gasteiger partial charge >= 0.3 is 0 Å². The van der Waals surface area contributed by atoms with Gasteiger partial charge in [0.2, 0.25) is 5.82 Å². The molecule has 8 nitrogen and oxygen atoms in total. The number of aryl methyl sites for hydroxylation is 1. The number of H-pyrrole nitrogens is 1. The molecule has 0 atom stereocenters. The molecule has 0 spiro atoms. The zero-order chi connectivity index (χ0) is 24.6. The molecule has 0 aliphatic rings. The minimum atomic E-state index is -0.392. The van der Waals surface area contributed by atoms with Crippen LogP contribution < -0.4 is 10.1 Å². The van der Waals surface area contributed by atoms with Gasteiger partial charge in [0.05, 0.1) is 6.61 Å². The van der Waals surface area contributed by atoms with Crippen molar-refractivity contribution in [1.29, 1.82) is 0 Å². The van der Waals surface area contributed by atoms with Gasteiger partial charge in [-0.25, -0.2) is 4.98 Å². The fourth-order valence-corrected chi connectivity index (χ4v) is 3.68. The summed E-state index contributed by atoms with van der Waals surface area (Å²) in [7, 11) is 4.10. The first-order valence-electron chi connectivity index (χ1n) is 11.6. The van der Waals surface area contributed by atoms with Gasteiger partial charge in [-0.3, -0.25) is 4.79 Å². The van der Waals surface area contributed by atoms with Gasteiger partial charge < -0.3 is 19.9 Å². The van der Waals surface area contributed by atoms with Crippen molar-refractivity contribution in [3.05, 3.63) is 89.6 Å². The maximum Gasteiger partial charge on any atom is 0.294 e. The molecule has 2 N–H and O–H groups in total. The number of nitrogens with one attached hydrogen (secondary N) is 2. The van der Waals surface area contributed by atoms with Crippen LogP contribution in [0.15, 0.2) is 66.9 Å². The second kappa shape index (κ2) is 11.4.